The Morgan fingerprint density at radius 3 is 2.28 bits per heavy atom. The summed E-state index contributed by atoms with van der Waals surface area (Å²) in [5.74, 6) is -3.27. The van der Waals surface area contributed by atoms with E-state index < -0.39 is 87.6 Å². The second-order valence-electron chi connectivity index (χ2n) is 12.0. The molecule has 0 saturated carbocycles. The maximum atomic E-state index is 13.6. The maximum absolute atomic E-state index is 13.6. The molecule has 47 heavy (non-hydrogen) atoms. The number of aliphatic hydroxyl groups excluding tert-OH is 1. The summed E-state index contributed by atoms with van der Waals surface area (Å²) in [4.78, 5) is 50.7. The number of aromatic hydroxyl groups is 2. The first kappa shape index (κ1) is 34.1. The van der Waals surface area contributed by atoms with E-state index in [2.05, 4.69) is 5.32 Å². The molecule has 14 heteroatoms. The Labute approximate surface area is 274 Å². The van der Waals surface area contributed by atoms with E-state index >= 15 is 0 Å². The average Bonchev–Trinajstić information content (AvgIpc) is 3.02. The highest BCUT2D eigenvalue weighted by molar-refractivity contribution is 6.30. The van der Waals surface area contributed by atoms with E-state index in [9.17, 15) is 44.9 Å². The van der Waals surface area contributed by atoms with Gasteiger partial charge in [0.25, 0.3) is 5.69 Å². The van der Waals surface area contributed by atoms with E-state index in [1.807, 2.05) is 0 Å². The molecule has 3 aromatic rings. The van der Waals surface area contributed by atoms with Crippen molar-refractivity contribution in [3.63, 3.8) is 0 Å². The van der Waals surface area contributed by atoms with Crippen LogP contribution in [0.3, 0.4) is 0 Å². The number of Topliss-reactive ketones (excluding diaryl/α,β-unsaturated/α-hetero) is 1. The first-order valence-corrected chi connectivity index (χ1v) is 14.8. The van der Waals surface area contributed by atoms with Crippen molar-refractivity contribution in [2.75, 3.05) is 0 Å². The van der Waals surface area contributed by atoms with E-state index in [-0.39, 0.29) is 59.7 Å². The topological polar surface area (TPSA) is 206 Å². The molecular formula is C33H33ClN2O11. The number of hydrogen-bond donors (Lipinski definition) is 5. The second-order valence-corrected chi connectivity index (χ2v) is 12.0. The average molecular weight is 669 g/mol. The molecule has 0 bridgehead atoms. The maximum Gasteiger partial charge on any atom is 0.273 e. The van der Waals surface area contributed by atoms with Crippen molar-refractivity contribution in [2.24, 2.45) is 0 Å². The molecule has 0 spiro atoms. The quantitative estimate of drug-likeness (QED) is 0.109. The molecule has 3 aromatic carbocycles. The first-order chi connectivity index (χ1) is 21.8. The van der Waals surface area contributed by atoms with Crippen LogP contribution in [0.1, 0.15) is 81.3 Å². The van der Waals surface area contributed by atoms with E-state index in [0.717, 1.165) is 0 Å². The van der Waals surface area contributed by atoms with Crippen LogP contribution in [0.2, 0.25) is 0 Å². The van der Waals surface area contributed by atoms with Crippen molar-refractivity contribution in [3.05, 3.63) is 97.6 Å². The van der Waals surface area contributed by atoms with E-state index in [1.165, 1.54) is 25.1 Å². The number of phenolic OH excluding ortho intramolecular Hbond substituents is 2. The van der Waals surface area contributed by atoms with Crippen LogP contribution in [0.4, 0.5) is 5.69 Å². The summed E-state index contributed by atoms with van der Waals surface area (Å²) in [6.07, 6.45) is -5.03. The summed E-state index contributed by atoms with van der Waals surface area (Å²) in [6.45, 7) is 2.82. The van der Waals surface area contributed by atoms with Crippen molar-refractivity contribution in [1.82, 2.24) is 5.32 Å². The van der Waals surface area contributed by atoms with Crippen LogP contribution in [0.15, 0.2) is 48.5 Å². The van der Waals surface area contributed by atoms with Crippen LogP contribution in [0.25, 0.3) is 0 Å². The molecule has 0 aromatic heterocycles. The molecule has 1 saturated heterocycles. The van der Waals surface area contributed by atoms with Gasteiger partial charge in [-0.1, -0.05) is 42.5 Å². The van der Waals surface area contributed by atoms with Crippen LogP contribution < -0.4 is 5.32 Å². The predicted molar refractivity (Wildman–Crippen MR) is 167 cm³/mol. The molecule has 1 aliphatic heterocycles. The summed E-state index contributed by atoms with van der Waals surface area (Å²) in [5, 5.41) is 59.9. The minimum atomic E-state index is -2.06. The number of aliphatic hydroxyl groups is 2. The first-order valence-electron chi connectivity index (χ1n) is 14.8. The Morgan fingerprint density at radius 2 is 1.66 bits per heavy atom. The van der Waals surface area contributed by atoms with Gasteiger partial charge in [0.1, 0.15) is 17.1 Å². The van der Waals surface area contributed by atoms with Gasteiger partial charge in [0.15, 0.2) is 23.6 Å². The number of ketones is 3. The molecule has 6 rings (SSSR count). The van der Waals surface area contributed by atoms with Gasteiger partial charge in [-0.2, -0.15) is 0 Å². The molecule has 0 radical (unpaired) electrons. The summed E-state index contributed by atoms with van der Waals surface area (Å²) in [5.41, 5.74) is -2.65. The summed E-state index contributed by atoms with van der Waals surface area (Å²) in [6, 6.07) is 11.5. The number of carbonyl (C=O) groups excluding carboxylic acids is 3. The van der Waals surface area contributed by atoms with Crippen molar-refractivity contribution >= 4 is 35.4 Å². The zero-order valence-electron chi connectivity index (χ0n) is 25.3. The van der Waals surface area contributed by atoms with Gasteiger partial charge in [0.05, 0.1) is 34.4 Å². The van der Waals surface area contributed by atoms with Gasteiger partial charge in [0, 0.05) is 65.7 Å². The van der Waals surface area contributed by atoms with E-state index in [0.29, 0.717) is 5.56 Å². The number of benzene rings is 3. The van der Waals surface area contributed by atoms with Crippen LogP contribution in [-0.2, 0) is 27.2 Å². The molecule has 6 atom stereocenters. The number of nitrogens with one attached hydrogen (secondary N) is 1. The number of hydrogen-bond acceptors (Lipinski definition) is 12. The van der Waals surface area contributed by atoms with Gasteiger partial charge < -0.3 is 35.2 Å². The number of rotatable bonds is 7. The molecule has 13 nitrogen and oxygen atoms in total. The summed E-state index contributed by atoms with van der Waals surface area (Å²) < 4.78 is 12.2. The number of carbonyl (C=O) groups is 3. The van der Waals surface area contributed by atoms with Crippen molar-refractivity contribution in [3.8, 4) is 11.5 Å². The SMILES string of the molecule is CC(=O)[C@]1(O)Cc2c(O)c3c(c(O)c2[C@@H](O[C@H]2C[C@H](NCc4ccccc4[N+](=O)[O-])[C@H](O)[C@H](C)O2)C1)C(=O)c1ccccc1C3=O.Cl. The monoisotopic (exact) mass is 668 g/mol. The van der Waals surface area contributed by atoms with Crippen LogP contribution in [0.5, 0.6) is 11.5 Å². The Hall–Kier alpha value is -4.24. The van der Waals surface area contributed by atoms with Crippen molar-refractivity contribution in [1.29, 1.82) is 0 Å². The number of nitro groups is 1. The Kier molecular flexibility index (Phi) is 9.25. The third-order valence-corrected chi connectivity index (χ3v) is 9.19. The number of halogens is 1. The highest BCUT2D eigenvalue weighted by Crippen LogP contribution is 2.52. The van der Waals surface area contributed by atoms with E-state index in [4.69, 9.17) is 9.47 Å². The summed E-state index contributed by atoms with van der Waals surface area (Å²) in [7, 11) is 0. The lowest BCUT2D eigenvalue weighted by molar-refractivity contribution is -0.385. The number of nitro benzene ring substituents is 1. The Bertz CT molecular complexity index is 1800. The van der Waals surface area contributed by atoms with Crippen molar-refractivity contribution in [2.45, 2.75) is 75.9 Å². The fourth-order valence-electron chi connectivity index (χ4n) is 6.67. The standard InChI is InChI=1S/C33H32N2O11.ClH/c1-15-28(37)21(34-14-17-7-3-6-10-22(17)35(43)44)11-24(45-15)46-23-13-33(42,16(2)36)12-20-25(23)32(41)27-26(31(20)40)29(38)18-8-4-5-9-19(18)30(27)39;/h3-10,15,21,23-24,28,34,37,40-42H,11-14H2,1-2H3;1H/t15-,21-,23-,24-,28+,33-;/m0./s1. The lowest BCUT2D eigenvalue weighted by atomic mass is 9.72. The highest BCUT2D eigenvalue weighted by atomic mass is 35.5. The van der Waals surface area contributed by atoms with E-state index in [1.54, 1.807) is 37.3 Å². The minimum absolute atomic E-state index is 0. The predicted octanol–water partition coefficient (Wildman–Crippen LogP) is 3.18. The Balaban J connectivity index is 0.00000433. The lowest BCUT2D eigenvalue weighted by Gasteiger charge is -2.43. The van der Waals surface area contributed by atoms with Gasteiger partial charge in [0.2, 0.25) is 0 Å². The molecule has 1 fully saturated rings. The Morgan fingerprint density at radius 1 is 1.06 bits per heavy atom. The molecule has 1 heterocycles. The van der Waals surface area contributed by atoms with Gasteiger partial charge in [-0.15, -0.1) is 12.4 Å². The zero-order valence-corrected chi connectivity index (χ0v) is 26.2. The third kappa shape index (κ3) is 5.79. The second kappa shape index (κ2) is 12.8. The van der Waals surface area contributed by atoms with Crippen LogP contribution in [0, 0.1) is 10.1 Å². The number of para-hydroxylation sites is 1. The highest BCUT2D eigenvalue weighted by Gasteiger charge is 2.49. The smallest absolute Gasteiger partial charge is 0.273 e. The van der Waals surface area contributed by atoms with Crippen LogP contribution >= 0.6 is 12.4 Å². The molecule has 5 N–H and O–H groups in total. The number of ether oxygens (including phenoxy) is 2. The largest absolute Gasteiger partial charge is 0.507 e. The fourth-order valence-corrected chi connectivity index (χ4v) is 6.67. The van der Waals surface area contributed by atoms with Crippen molar-refractivity contribution < 1.29 is 49.2 Å². The molecular weight excluding hydrogens is 636 g/mol. The third-order valence-electron chi connectivity index (χ3n) is 9.19. The molecule has 2 aliphatic carbocycles. The van der Waals surface area contributed by atoms with Crippen LogP contribution in [-0.4, -0.2) is 72.8 Å². The van der Waals surface area contributed by atoms with Gasteiger partial charge in [-0.25, -0.2) is 0 Å². The molecule has 3 aliphatic rings. The molecule has 0 amide bonds. The zero-order chi connectivity index (χ0) is 33.1. The fraction of sp³-hybridized carbons (Fsp3) is 0.364. The minimum Gasteiger partial charge on any atom is -0.507 e. The lowest BCUT2D eigenvalue weighted by Crippen LogP contribution is -2.54. The number of nitrogens with zero attached hydrogens (tertiary/aromatic N) is 1. The van der Waals surface area contributed by atoms with Gasteiger partial charge in [-0.3, -0.25) is 24.5 Å². The van der Waals surface area contributed by atoms with Gasteiger partial charge in [-0.05, 0) is 13.8 Å². The molecule has 0 unspecified atom stereocenters. The van der Waals surface area contributed by atoms with Gasteiger partial charge >= 0.3 is 0 Å². The normalized spacial score (nSPS) is 26.4. The molecule has 248 valence electrons. The number of fused-ring (bicyclic) bond motifs is 3. The summed E-state index contributed by atoms with van der Waals surface area (Å²) >= 11 is 0. The number of phenols is 2.